The second-order valence-electron chi connectivity index (χ2n) is 10.5. The SMILES string of the molecule is Cc1nccn1-c1ccc(Nc2nc3c(c(N(C)[C@H]4CCCO4)n2)CN(C(=O)OC(C)(C)C)CC3)cc1. The third-order valence-electron chi connectivity index (χ3n) is 6.59. The highest BCUT2D eigenvalue weighted by Gasteiger charge is 2.32. The maximum Gasteiger partial charge on any atom is 0.410 e. The van der Waals surface area contributed by atoms with E-state index in [0.717, 1.165) is 53.7 Å². The molecule has 1 aromatic carbocycles. The summed E-state index contributed by atoms with van der Waals surface area (Å²) in [4.78, 5) is 30.7. The van der Waals surface area contributed by atoms with Crippen molar-refractivity contribution in [2.75, 3.05) is 30.4 Å². The number of anilines is 3. The van der Waals surface area contributed by atoms with Crippen molar-refractivity contribution in [1.29, 1.82) is 0 Å². The molecule has 2 aliphatic rings. The summed E-state index contributed by atoms with van der Waals surface area (Å²) in [5.74, 6) is 2.23. The molecule has 1 amide bonds. The molecule has 1 fully saturated rings. The number of benzene rings is 1. The Labute approximate surface area is 217 Å². The van der Waals surface area contributed by atoms with Crippen molar-refractivity contribution in [3.05, 3.63) is 53.7 Å². The molecule has 37 heavy (non-hydrogen) atoms. The van der Waals surface area contributed by atoms with Crippen LogP contribution in [0, 0.1) is 6.92 Å². The van der Waals surface area contributed by atoms with E-state index in [1.807, 2.05) is 69.8 Å². The number of hydrogen-bond donors (Lipinski definition) is 1. The van der Waals surface area contributed by atoms with Gasteiger partial charge in [0.15, 0.2) is 0 Å². The van der Waals surface area contributed by atoms with Gasteiger partial charge in [-0.05, 0) is 64.8 Å². The van der Waals surface area contributed by atoms with Crippen molar-refractivity contribution in [3.8, 4) is 5.69 Å². The highest BCUT2D eigenvalue weighted by Crippen LogP contribution is 2.32. The maximum atomic E-state index is 12.8. The largest absolute Gasteiger partial charge is 0.444 e. The number of aromatic nitrogens is 4. The van der Waals surface area contributed by atoms with Crippen LogP contribution in [0.1, 0.15) is 50.7 Å². The van der Waals surface area contributed by atoms with Crippen LogP contribution in [-0.2, 0) is 22.4 Å². The standard InChI is InChI=1S/C27H35N7O3/c1-18-28-13-15-34(18)20-10-8-19(9-11-20)29-25-30-22-12-14-33(26(35)37-27(2,3)4)17-21(22)24(31-25)32(5)23-7-6-16-36-23/h8-11,13,15,23H,6-7,12,14,16-17H2,1-5H3,(H,29,30,31)/t23-/m1/s1. The monoisotopic (exact) mass is 505 g/mol. The lowest BCUT2D eigenvalue weighted by molar-refractivity contribution is 0.0222. The number of nitrogens with one attached hydrogen (secondary N) is 1. The fraction of sp³-hybridized carbons (Fsp3) is 0.481. The minimum absolute atomic E-state index is 0.0542. The Morgan fingerprint density at radius 3 is 2.65 bits per heavy atom. The molecule has 1 atom stereocenters. The van der Waals surface area contributed by atoms with Crippen LogP contribution in [0.2, 0.25) is 0 Å². The number of carbonyl (C=O) groups excluding carboxylic acids is 1. The molecule has 1 saturated heterocycles. The lowest BCUT2D eigenvalue weighted by Gasteiger charge is -2.34. The fourth-order valence-corrected chi connectivity index (χ4v) is 4.71. The number of amides is 1. The van der Waals surface area contributed by atoms with E-state index < -0.39 is 5.60 Å². The smallest absolute Gasteiger partial charge is 0.410 e. The summed E-state index contributed by atoms with van der Waals surface area (Å²) in [6, 6.07) is 8.08. The summed E-state index contributed by atoms with van der Waals surface area (Å²) in [6.45, 7) is 9.29. The van der Waals surface area contributed by atoms with Gasteiger partial charge in [0.05, 0.1) is 12.2 Å². The van der Waals surface area contributed by atoms with Crippen molar-refractivity contribution in [2.45, 2.75) is 65.3 Å². The highest BCUT2D eigenvalue weighted by atomic mass is 16.6. The van der Waals surface area contributed by atoms with Crippen LogP contribution in [0.25, 0.3) is 5.69 Å². The Kier molecular flexibility index (Phi) is 6.76. The first kappa shape index (κ1) is 25.0. The van der Waals surface area contributed by atoms with E-state index in [4.69, 9.17) is 19.4 Å². The van der Waals surface area contributed by atoms with Gasteiger partial charge in [0, 0.05) is 56.0 Å². The minimum atomic E-state index is -0.551. The number of imidazole rings is 1. The van der Waals surface area contributed by atoms with Gasteiger partial charge in [-0.2, -0.15) is 4.98 Å². The molecule has 2 aliphatic heterocycles. The van der Waals surface area contributed by atoms with E-state index in [-0.39, 0.29) is 12.3 Å². The maximum absolute atomic E-state index is 12.8. The van der Waals surface area contributed by atoms with Crippen molar-refractivity contribution >= 4 is 23.5 Å². The van der Waals surface area contributed by atoms with Crippen LogP contribution in [0.5, 0.6) is 0 Å². The first-order valence-electron chi connectivity index (χ1n) is 12.8. The first-order chi connectivity index (χ1) is 17.7. The van der Waals surface area contributed by atoms with Crippen molar-refractivity contribution in [1.82, 2.24) is 24.4 Å². The number of hydrogen-bond acceptors (Lipinski definition) is 8. The predicted octanol–water partition coefficient (Wildman–Crippen LogP) is 4.58. The van der Waals surface area contributed by atoms with Crippen LogP contribution in [0.15, 0.2) is 36.7 Å². The highest BCUT2D eigenvalue weighted by molar-refractivity contribution is 5.70. The van der Waals surface area contributed by atoms with Gasteiger partial charge in [-0.3, -0.25) is 0 Å². The molecule has 0 bridgehead atoms. The number of aryl methyl sites for hydroxylation is 1. The number of fused-ring (bicyclic) bond motifs is 1. The third-order valence-corrected chi connectivity index (χ3v) is 6.59. The molecule has 0 unspecified atom stereocenters. The van der Waals surface area contributed by atoms with Gasteiger partial charge in [-0.1, -0.05) is 0 Å². The van der Waals surface area contributed by atoms with Crippen LogP contribution in [0.4, 0.5) is 22.2 Å². The molecule has 3 aromatic rings. The Morgan fingerprint density at radius 1 is 1.22 bits per heavy atom. The Bertz CT molecular complexity index is 1260. The Balaban J connectivity index is 1.42. The molecule has 1 N–H and O–H groups in total. The van der Waals surface area contributed by atoms with Crippen molar-refractivity contribution in [2.24, 2.45) is 0 Å². The summed E-state index contributed by atoms with van der Waals surface area (Å²) >= 11 is 0. The summed E-state index contributed by atoms with van der Waals surface area (Å²) in [5.41, 5.74) is 3.24. The molecule has 0 aliphatic carbocycles. The van der Waals surface area contributed by atoms with Crippen LogP contribution in [-0.4, -0.2) is 62.5 Å². The van der Waals surface area contributed by atoms with Gasteiger partial charge < -0.3 is 29.2 Å². The van der Waals surface area contributed by atoms with Gasteiger partial charge in [-0.15, -0.1) is 0 Å². The zero-order valence-electron chi connectivity index (χ0n) is 22.2. The van der Waals surface area contributed by atoms with Gasteiger partial charge in [-0.25, -0.2) is 14.8 Å². The molecule has 0 radical (unpaired) electrons. The summed E-state index contributed by atoms with van der Waals surface area (Å²) < 4.78 is 13.6. The van der Waals surface area contributed by atoms with Crippen molar-refractivity contribution < 1.29 is 14.3 Å². The zero-order chi connectivity index (χ0) is 26.2. The predicted molar refractivity (Wildman–Crippen MR) is 141 cm³/mol. The molecule has 2 aromatic heterocycles. The fourth-order valence-electron chi connectivity index (χ4n) is 4.71. The second-order valence-corrected chi connectivity index (χ2v) is 10.5. The van der Waals surface area contributed by atoms with Crippen LogP contribution in [0.3, 0.4) is 0 Å². The topological polar surface area (TPSA) is 97.6 Å². The first-order valence-corrected chi connectivity index (χ1v) is 12.8. The van der Waals surface area contributed by atoms with E-state index in [0.29, 0.717) is 25.5 Å². The third kappa shape index (κ3) is 5.53. The zero-order valence-corrected chi connectivity index (χ0v) is 22.2. The quantitative estimate of drug-likeness (QED) is 0.538. The Hall–Kier alpha value is -3.66. The Morgan fingerprint density at radius 2 is 2.00 bits per heavy atom. The van der Waals surface area contributed by atoms with E-state index >= 15 is 0 Å². The summed E-state index contributed by atoms with van der Waals surface area (Å²) in [5, 5.41) is 3.37. The molecule has 10 nitrogen and oxygen atoms in total. The van der Waals surface area contributed by atoms with Gasteiger partial charge in [0.2, 0.25) is 5.95 Å². The molecule has 0 spiro atoms. The van der Waals surface area contributed by atoms with Crippen LogP contribution >= 0.6 is 0 Å². The second kappa shape index (κ2) is 10.0. The van der Waals surface area contributed by atoms with Gasteiger partial charge in [0.25, 0.3) is 0 Å². The van der Waals surface area contributed by atoms with E-state index in [2.05, 4.69) is 15.2 Å². The molecule has 196 valence electrons. The number of carbonyl (C=O) groups is 1. The van der Waals surface area contributed by atoms with Crippen LogP contribution < -0.4 is 10.2 Å². The summed E-state index contributed by atoms with van der Waals surface area (Å²) in [7, 11) is 2.00. The number of rotatable bonds is 5. The van der Waals surface area contributed by atoms with E-state index in [1.165, 1.54) is 0 Å². The molecule has 0 saturated carbocycles. The van der Waals surface area contributed by atoms with Crippen molar-refractivity contribution in [3.63, 3.8) is 0 Å². The van der Waals surface area contributed by atoms with E-state index in [1.54, 1.807) is 11.1 Å². The summed E-state index contributed by atoms with van der Waals surface area (Å²) in [6.07, 6.45) is 5.93. The van der Waals surface area contributed by atoms with Gasteiger partial charge in [0.1, 0.15) is 23.5 Å². The molecular formula is C27H35N7O3. The van der Waals surface area contributed by atoms with Gasteiger partial charge >= 0.3 is 6.09 Å². The molecular weight excluding hydrogens is 470 g/mol. The van der Waals surface area contributed by atoms with E-state index in [9.17, 15) is 4.79 Å². The lowest BCUT2D eigenvalue weighted by atomic mass is 10.1. The number of ether oxygens (including phenoxy) is 2. The normalized spacial score (nSPS) is 17.4. The lowest BCUT2D eigenvalue weighted by Crippen LogP contribution is -2.41. The average Bonchev–Trinajstić information content (AvgIpc) is 3.54. The minimum Gasteiger partial charge on any atom is -0.444 e. The molecule has 5 rings (SSSR count). The average molecular weight is 506 g/mol. The number of nitrogens with zero attached hydrogens (tertiary/aromatic N) is 6. The molecule has 10 heteroatoms. The molecule has 4 heterocycles.